The summed E-state index contributed by atoms with van der Waals surface area (Å²) in [7, 11) is 1.33. The molecule has 3 aromatic heterocycles. The van der Waals surface area contributed by atoms with Gasteiger partial charge in [-0.3, -0.25) is 9.13 Å². The summed E-state index contributed by atoms with van der Waals surface area (Å²) in [5, 5.41) is 0. The van der Waals surface area contributed by atoms with Crippen molar-refractivity contribution in [1.29, 1.82) is 0 Å². The van der Waals surface area contributed by atoms with Gasteiger partial charge in [0, 0.05) is 25.0 Å². The van der Waals surface area contributed by atoms with Crippen molar-refractivity contribution in [2.45, 2.75) is 52.7 Å². The molecule has 0 aromatic carbocycles. The Kier molecular flexibility index (Phi) is 5.43. The molecule has 0 aliphatic carbocycles. The number of aromatic nitrogens is 5. The number of rotatable bonds is 7. The van der Waals surface area contributed by atoms with Crippen molar-refractivity contribution in [3.05, 3.63) is 46.5 Å². The maximum absolute atomic E-state index is 13.3. The van der Waals surface area contributed by atoms with Gasteiger partial charge in [0.1, 0.15) is 0 Å². The van der Waals surface area contributed by atoms with E-state index in [9.17, 15) is 9.59 Å². The minimum atomic E-state index is -0.475. The Hall–Kier alpha value is -2.90. The van der Waals surface area contributed by atoms with Gasteiger partial charge >= 0.3 is 11.7 Å². The molecule has 0 aliphatic rings. The zero-order valence-electron chi connectivity index (χ0n) is 16.2. The molecule has 0 saturated heterocycles. The molecule has 8 nitrogen and oxygen atoms in total. The number of pyridine rings is 1. The minimum absolute atomic E-state index is 0.0498. The van der Waals surface area contributed by atoms with E-state index in [1.807, 2.05) is 11.5 Å². The molecular weight excluding hydrogens is 346 g/mol. The van der Waals surface area contributed by atoms with Crippen molar-refractivity contribution in [2.24, 2.45) is 0 Å². The largest absolute Gasteiger partial charge is 0.465 e. The molecule has 3 heterocycles. The Morgan fingerprint density at radius 2 is 1.96 bits per heavy atom. The van der Waals surface area contributed by atoms with Gasteiger partial charge in [-0.05, 0) is 25.8 Å². The molecular formula is C19H25N5O3. The highest BCUT2D eigenvalue weighted by Gasteiger charge is 2.22. The van der Waals surface area contributed by atoms with Crippen LogP contribution in [0.1, 0.15) is 55.7 Å². The maximum Gasteiger partial charge on any atom is 0.339 e. The molecule has 27 heavy (non-hydrogen) atoms. The first-order valence-corrected chi connectivity index (χ1v) is 9.23. The average Bonchev–Trinajstić information content (AvgIpc) is 3.25. The fourth-order valence-corrected chi connectivity index (χ4v) is 3.45. The molecule has 0 unspecified atom stereocenters. The molecule has 0 spiro atoms. The number of fused-ring (bicyclic) bond motifs is 1. The summed E-state index contributed by atoms with van der Waals surface area (Å²) >= 11 is 0. The van der Waals surface area contributed by atoms with Crippen LogP contribution in [-0.2, 0) is 17.8 Å². The number of imidazole rings is 2. The molecule has 8 heteroatoms. The summed E-state index contributed by atoms with van der Waals surface area (Å²) in [4.78, 5) is 33.8. The van der Waals surface area contributed by atoms with Crippen LogP contribution >= 0.6 is 0 Å². The Bertz CT molecular complexity index is 1010. The van der Waals surface area contributed by atoms with Gasteiger partial charge in [-0.1, -0.05) is 13.8 Å². The lowest BCUT2D eigenvalue weighted by molar-refractivity contribution is 0.0600. The lowest BCUT2D eigenvalue weighted by atomic mass is 10.1. The number of hydrogen-bond acceptors (Lipinski definition) is 5. The number of nitrogens with zero attached hydrogens (tertiary/aromatic N) is 5. The summed E-state index contributed by atoms with van der Waals surface area (Å²) in [6.07, 6.45) is 6.62. The van der Waals surface area contributed by atoms with Crippen molar-refractivity contribution < 1.29 is 9.53 Å². The van der Waals surface area contributed by atoms with E-state index in [2.05, 4.69) is 23.8 Å². The normalized spacial score (nSPS) is 11.4. The van der Waals surface area contributed by atoms with Crippen molar-refractivity contribution in [3.8, 4) is 0 Å². The van der Waals surface area contributed by atoms with Gasteiger partial charge in [-0.15, -0.1) is 0 Å². The quantitative estimate of drug-likeness (QED) is 0.596. The standard InChI is InChI=1S/C19H25N5O3/c1-5-14(6-2)24-17-16(8-13(9-21-17)18(25)27-4)23(19(24)26)11-15-10-20-12-22(15)7-3/h8-10,12,14H,5-7,11H2,1-4H3. The molecule has 0 saturated carbocycles. The summed E-state index contributed by atoms with van der Waals surface area (Å²) in [5.74, 6) is -0.475. The number of ether oxygens (including phenoxy) is 1. The average molecular weight is 371 g/mol. The number of esters is 1. The number of methoxy groups -OCH3 is 1. The maximum atomic E-state index is 13.3. The third-order valence-electron chi connectivity index (χ3n) is 4.99. The number of carbonyl (C=O) groups excluding carboxylic acids is 1. The zero-order chi connectivity index (χ0) is 19.6. The first kappa shape index (κ1) is 18.9. The van der Waals surface area contributed by atoms with Gasteiger partial charge in [0.15, 0.2) is 5.65 Å². The minimum Gasteiger partial charge on any atom is -0.465 e. The van der Waals surface area contributed by atoms with Crippen LogP contribution in [0.3, 0.4) is 0 Å². The van der Waals surface area contributed by atoms with Gasteiger partial charge in [-0.2, -0.15) is 0 Å². The summed E-state index contributed by atoms with van der Waals surface area (Å²) in [6, 6.07) is 1.73. The molecule has 3 rings (SSSR count). The van der Waals surface area contributed by atoms with Crippen LogP contribution < -0.4 is 5.69 Å². The Labute approximate surface area is 157 Å². The SMILES string of the molecule is CCC(CC)n1c(=O)n(Cc2cncn2CC)c2cc(C(=O)OC)cnc21. The van der Waals surface area contributed by atoms with Crippen molar-refractivity contribution >= 4 is 17.1 Å². The van der Waals surface area contributed by atoms with Crippen molar-refractivity contribution in [2.75, 3.05) is 7.11 Å². The molecule has 144 valence electrons. The Morgan fingerprint density at radius 1 is 1.22 bits per heavy atom. The van der Waals surface area contributed by atoms with E-state index in [-0.39, 0.29) is 11.7 Å². The highest BCUT2D eigenvalue weighted by Crippen LogP contribution is 2.22. The fraction of sp³-hybridized carbons (Fsp3) is 0.474. The van der Waals surface area contributed by atoms with Crippen LogP contribution in [-0.4, -0.2) is 36.7 Å². The number of aryl methyl sites for hydroxylation is 1. The van der Waals surface area contributed by atoms with Gasteiger partial charge < -0.3 is 9.30 Å². The van der Waals surface area contributed by atoms with E-state index >= 15 is 0 Å². The second-order valence-corrected chi connectivity index (χ2v) is 6.44. The van der Waals surface area contributed by atoms with Crippen LogP contribution in [0.2, 0.25) is 0 Å². The van der Waals surface area contributed by atoms with Gasteiger partial charge in [0.25, 0.3) is 0 Å². The first-order chi connectivity index (χ1) is 13.0. The van der Waals surface area contributed by atoms with Crippen LogP contribution in [0.4, 0.5) is 0 Å². The van der Waals surface area contributed by atoms with Crippen LogP contribution in [0.25, 0.3) is 11.2 Å². The zero-order valence-corrected chi connectivity index (χ0v) is 16.2. The van der Waals surface area contributed by atoms with Crippen LogP contribution in [0.5, 0.6) is 0 Å². The molecule has 3 aromatic rings. The van der Waals surface area contributed by atoms with E-state index in [4.69, 9.17) is 4.74 Å². The topological polar surface area (TPSA) is 83.9 Å². The second-order valence-electron chi connectivity index (χ2n) is 6.44. The van der Waals surface area contributed by atoms with Crippen molar-refractivity contribution in [1.82, 2.24) is 23.7 Å². The highest BCUT2D eigenvalue weighted by atomic mass is 16.5. The summed E-state index contributed by atoms with van der Waals surface area (Å²) < 4.78 is 10.2. The number of carbonyl (C=O) groups is 1. The van der Waals surface area contributed by atoms with E-state index in [0.717, 1.165) is 25.1 Å². The molecule has 0 N–H and O–H groups in total. The van der Waals surface area contributed by atoms with Gasteiger partial charge in [0.05, 0.1) is 36.8 Å². The third kappa shape index (κ3) is 3.27. The Morgan fingerprint density at radius 3 is 2.59 bits per heavy atom. The predicted octanol–water partition coefficient (Wildman–Crippen LogP) is 2.61. The fourth-order valence-electron chi connectivity index (χ4n) is 3.45. The van der Waals surface area contributed by atoms with Crippen molar-refractivity contribution in [3.63, 3.8) is 0 Å². The van der Waals surface area contributed by atoms with Gasteiger partial charge in [-0.25, -0.2) is 19.6 Å². The summed E-state index contributed by atoms with van der Waals surface area (Å²) in [6.45, 7) is 7.26. The molecule has 0 aliphatic heterocycles. The Balaban J connectivity index is 2.24. The monoisotopic (exact) mass is 371 g/mol. The molecule has 0 atom stereocenters. The third-order valence-corrected chi connectivity index (χ3v) is 4.99. The van der Waals surface area contributed by atoms with Crippen LogP contribution in [0.15, 0.2) is 29.6 Å². The smallest absolute Gasteiger partial charge is 0.339 e. The van der Waals surface area contributed by atoms with Crippen LogP contribution in [0, 0.1) is 0 Å². The second kappa shape index (κ2) is 7.77. The predicted molar refractivity (Wildman–Crippen MR) is 102 cm³/mol. The molecule has 0 fully saturated rings. The van der Waals surface area contributed by atoms with E-state index < -0.39 is 5.97 Å². The lowest BCUT2D eigenvalue weighted by Gasteiger charge is -2.13. The lowest BCUT2D eigenvalue weighted by Crippen LogP contribution is -2.28. The first-order valence-electron chi connectivity index (χ1n) is 9.23. The van der Waals surface area contributed by atoms with E-state index in [1.54, 1.807) is 27.7 Å². The van der Waals surface area contributed by atoms with Gasteiger partial charge in [0.2, 0.25) is 0 Å². The number of hydrogen-bond donors (Lipinski definition) is 0. The highest BCUT2D eigenvalue weighted by molar-refractivity contribution is 5.92. The van der Waals surface area contributed by atoms with E-state index in [0.29, 0.717) is 23.3 Å². The molecule has 0 amide bonds. The van der Waals surface area contributed by atoms with E-state index in [1.165, 1.54) is 13.3 Å². The molecule has 0 bridgehead atoms. The molecule has 0 radical (unpaired) electrons. The summed E-state index contributed by atoms with van der Waals surface area (Å²) in [5.41, 5.74) is 2.33.